The molecule has 0 amide bonds. The molecule has 0 radical (unpaired) electrons. The van der Waals surface area contributed by atoms with Crippen molar-refractivity contribution in [2.24, 2.45) is 5.11 Å². The van der Waals surface area contributed by atoms with Crippen LogP contribution in [0, 0.1) is 0 Å². The Hall–Kier alpha value is -3.83. The van der Waals surface area contributed by atoms with E-state index in [2.05, 4.69) is 15.0 Å². The fraction of sp³-hybridized carbons (Fsp3) is 0.0526. The van der Waals surface area contributed by atoms with Gasteiger partial charge in [-0.05, 0) is 35.4 Å². The number of azide groups is 1. The molecular formula is C19H12N4O3. The minimum Gasteiger partial charge on any atom is -0.489 e. The molecule has 1 aliphatic carbocycles. The highest BCUT2D eigenvalue weighted by atomic mass is 16.5. The van der Waals surface area contributed by atoms with E-state index in [1.54, 1.807) is 24.3 Å². The van der Waals surface area contributed by atoms with Crippen molar-refractivity contribution in [2.75, 3.05) is 0 Å². The van der Waals surface area contributed by atoms with Gasteiger partial charge in [0.25, 0.3) is 0 Å². The number of aromatic nitrogens is 1. The zero-order valence-electron chi connectivity index (χ0n) is 13.5. The molecule has 0 bridgehead atoms. The van der Waals surface area contributed by atoms with Gasteiger partial charge in [-0.25, -0.2) is 4.98 Å². The van der Waals surface area contributed by atoms with Crippen LogP contribution in [0.15, 0.2) is 75.0 Å². The van der Waals surface area contributed by atoms with Gasteiger partial charge in [0, 0.05) is 22.7 Å². The van der Waals surface area contributed by atoms with Crippen LogP contribution in [-0.4, -0.2) is 4.98 Å². The standard InChI is InChI=1S/C19H12N4O3/c20-23-22-13-3-1-12(2-4-13)11-25-15-6-8-17-19(10-15)26-18-9-14(24)5-7-16(18)21-17/h1-10H,11H2. The average Bonchev–Trinajstić information content (AvgIpc) is 2.66. The van der Waals surface area contributed by atoms with Crippen LogP contribution in [0.2, 0.25) is 0 Å². The fourth-order valence-electron chi connectivity index (χ4n) is 2.55. The molecule has 0 saturated heterocycles. The van der Waals surface area contributed by atoms with E-state index in [-0.39, 0.29) is 5.43 Å². The Bertz CT molecular complexity index is 1160. The molecule has 1 aliphatic heterocycles. The lowest BCUT2D eigenvalue weighted by Crippen LogP contribution is -1.99. The second-order valence-electron chi connectivity index (χ2n) is 5.62. The summed E-state index contributed by atoms with van der Waals surface area (Å²) in [5, 5.41) is 3.53. The Morgan fingerprint density at radius 1 is 1.08 bits per heavy atom. The van der Waals surface area contributed by atoms with Crippen molar-refractivity contribution in [3.8, 4) is 17.2 Å². The minimum atomic E-state index is -0.126. The van der Waals surface area contributed by atoms with E-state index in [0.29, 0.717) is 40.6 Å². The van der Waals surface area contributed by atoms with Crippen LogP contribution in [0.4, 0.5) is 5.69 Å². The van der Waals surface area contributed by atoms with Gasteiger partial charge in [0.05, 0.1) is 0 Å². The molecule has 2 aromatic rings. The number of benzene rings is 3. The first kappa shape index (κ1) is 15.7. The summed E-state index contributed by atoms with van der Waals surface area (Å²) in [5.41, 5.74) is 11.6. The third-order valence-electron chi connectivity index (χ3n) is 3.83. The van der Waals surface area contributed by atoms with Crippen molar-refractivity contribution in [1.82, 2.24) is 4.98 Å². The van der Waals surface area contributed by atoms with Crippen molar-refractivity contribution in [1.29, 1.82) is 0 Å². The number of hydrogen-bond donors (Lipinski definition) is 0. The zero-order chi connectivity index (χ0) is 17.9. The van der Waals surface area contributed by atoms with Gasteiger partial charge >= 0.3 is 0 Å². The Labute approximate surface area is 147 Å². The molecule has 126 valence electrons. The average molecular weight is 344 g/mol. The van der Waals surface area contributed by atoms with Crippen molar-refractivity contribution in [3.05, 3.63) is 86.9 Å². The number of nitrogens with zero attached hydrogens (tertiary/aromatic N) is 4. The summed E-state index contributed by atoms with van der Waals surface area (Å²) in [7, 11) is 0. The summed E-state index contributed by atoms with van der Waals surface area (Å²) in [4.78, 5) is 18.7. The maximum Gasteiger partial charge on any atom is 0.182 e. The Kier molecular flexibility index (Phi) is 3.97. The van der Waals surface area contributed by atoms with Crippen LogP contribution in [0.5, 0.6) is 5.75 Å². The summed E-state index contributed by atoms with van der Waals surface area (Å²) in [6.07, 6.45) is 0. The molecule has 1 heterocycles. The minimum absolute atomic E-state index is 0.126. The first-order valence-corrected chi connectivity index (χ1v) is 7.83. The van der Waals surface area contributed by atoms with Gasteiger partial charge in [-0.1, -0.05) is 29.4 Å². The van der Waals surface area contributed by atoms with E-state index in [1.807, 2.05) is 24.3 Å². The van der Waals surface area contributed by atoms with E-state index >= 15 is 0 Å². The van der Waals surface area contributed by atoms with E-state index in [1.165, 1.54) is 12.1 Å². The lowest BCUT2D eigenvalue weighted by Gasteiger charge is -2.09. The van der Waals surface area contributed by atoms with E-state index in [4.69, 9.17) is 14.7 Å². The molecule has 0 fully saturated rings. The van der Waals surface area contributed by atoms with Crippen LogP contribution in [0.3, 0.4) is 0 Å². The summed E-state index contributed by atoms with van der Waals surface area (Å²) in [5.74, 6) is 1.07. The molecule has 0 N–H and O–H groups in total. The second kappa shape index (κ2) is 6.58. The molecule has 2 aliphatic rings. The lowest BCUT2D eigenvalue weighted by atomic mass is 10.2. The Morgan fingerprint density at radius 2 is 1.92 bits per heavy atom. The Morgan fingerprint density at radius 3 is 2.73 bits per heavy atom. The third kappa shape index (κ3) is 3.19. The van der Waals surface area contributed by atoms with Gasteiger partial charge in [0.1, 0.15) is 23.6 Å². The molecule has 7 nitrogen and oxygen atoms in total. The SMILES string of the molecule is [N-]=[N+]=Nc1ccc(COc2ccc3nc4ccc(=O)cc-4oc3c2)cc1. The monoisotopic (exact) mass is 344 g/mol. The quantitative estimate of drug-likeness (QED) is 0.229. The summed E-state index contributed by atoms with van der Waals surface area (Å²) >= 11 is 0. The highest BCUT2D eigenvalue weighted by molar-refractivity contribution is 5.77. The van der Waals surface area contributed by atoms with Crippen LogP contribution >= 0.6 is 0 Å². The van der Waals surface area contributed by atoms with Crippen molar-refractivity contribution in [3.63, 3.8) is 0 Å². The van der Waals surface area contributed by atoms with Crippen molar-refractivity contribution in [2.45, 2.75) is 6.61 Å². The summed E-state index contributed by atoms with van der Waals surface area (Å²) in [6, 6.07) is 17.0. The number of hydrogen-bond acceptors (Lipinski definition) is 5. The van der Waals surface area contributed by atoms with E-state index < -0.39 is 0 Å². The molecule has 0 aromatic heterocycles. The van der Waals surface area contributed by atoms with Gasteiger partial charge in [0.15, 0.2) is 16.8 Å². The highest BCUT2D eigenvalue weighted by Crippen LogP contribution is 2.27. The molecule has 7 heteroatoms. The first-order valence-electron chi connectivity index (χ1n) is 7.83. The predicted octanol–water partition coefficient (Wildman–Crippen LogP) is 4.81. The molecule has 0 saturated carbocycles. The summed E-state index contributed by atoms with van der Waals surface area (Å²) < 4.78 is 11.6. The normalized spacial score (nSPS) is 10.6. The molecule has 4 rings (SSSR count). The van der Waals surface area contributed by atoms with E-state index in [9.17, 15) is 4.79 Å². The number of fused-ring (bicyclic) bond motifs is 2. The first-order chi connectivity index (χ1) is 12.7. The number of ether oxygens (including phenoxy) is 1. The smallest absolute Gasteiger partial charge is 0.182 e. The van der Waals surface area contributed by atoms with Crippen LogP contribution in [0.1, 0.15) is 5.56 Å². The van der Waals surface area contributed by atoms with Gasteiger partial charge in [-0.15, -0.1) is 0 Å². The highest BCUT2D eigenvalue weighted by Gasteiger charge is 2.10. The van der Waals surface area contributed by atoms with Crippen molar-refractivity contribution >= 4 is 16.8 Å². The van der Waals surface area contributed by atoms with Gasteiger partial charge in [0.2, 0.25) is 0 Å². The largest absolute Gasteiger partial charge is 0.489 e. The maximum atomic E-state index is 11.5. The molecule has 0 atom stereocenters. The van der Waals surface area contributed by atoms with Gasteiger partial charge in [-0.2, -0.15) is 0 Å². The number of rotatable bonds is 4. The predicted molar refractivity (Wildman–Crippen MR) is 96.5 cm³/mol. The van der Waals surface area contributed by atoms with Crippen molar-refractivity contribution < 1.29 is 9.15 Å². The maximum absolute atomic E-state index is 11.5. The van der Waals surface area contributed by atoms with Gasteiger partial charge in [-0.3, -0.25) is 4.79 Å². The molecule has 2 aromatic carbocycles. The molecule has 26 heavy (non-hydrogen) atoms. The van der Waals surface area contributed by atoms with Crippen LogP contribution < -0.4 is 10.2 Å². The summed E-state index contributed by atoms with van der Waals surface area (Å²) in [6.45, 7) is 0.355. The second-order valence-corrected chi connectivity index (χ2v) is 5.62. The molecular weight excluding hydrogens is 332 g/mol. The molecule has 0 spiro atoms. The van der Waals surface area contributed by atoms with Crippen LogP contribution in [0.25, 0.3) is 33.0 Å². The lowest BCUT2D eigenvalue weighted by molar-refractivity contribution is 0.306. The fourth-order valence-corrected chi connectivity index (χ4v) is 2.55. The zero-order valence-corrected chi connectivity index (χ0v) is 13.5. The topological polar surface area (TPSA) is 101 Å². The Balaban J connectivity index is 1.58. The van der Waals surface area contributed by atoms with Gasteiger partial charge < -0.3 is 9.15 Å². The van der Waals surface area contributed by atoms with Crippen LogP contribution in [-0.2, 0) is 6.61 Å². The molecule has 0 unspecified atom stereocenters. The van der Waals surface area contributed by atoms with E-state index in [0.717, 1.165) is 5.56 Å². The third-order valence-corrected chi connectivity index (χ3v) is 3.83.